The fraction of sp³-hybridized carbons (Fsp3) is 0.0625. The average Bonchev–Trinajstić information content (AvgIpc) is 2.97. The molecule has 0 fully saturated rings. The molecule has 0 bridgehead atoms. The van der Waals surface area contributed by atoms with Gasteiger partial charge in [-0.05, 0) is 36.4 Å². The summed E-state index contributed by atoms with van der Waals surface area (Å²) in [5, 5.41) is 3.11. The maximum Gasteiger partial charge on any atom is 0.299 e. The molecule has 0 amide bonds. The lowest BCUT2D eigenvalue weighted by atomic mass is 10.2. The number of methoxy groups -OCH3 is 1. The maximum absolute atomic E-state index is 5.68. The van der Waals surface area contributed by atoms with E-state index in [4.69, 9.17) is 9.15 Å². The van der Waals surface area contributed by atoms with Crippen molar-refractivity contribution in [1.29, 1.82) is 0 Å². The molecule has 2 aromatic carbocycles. The first kappa shape index (κ1) is 12.3. The van der Waals surface area contributed by atoms with Crippen LogP contribution in [0.5, 0.6) is 5.75 Å². The fourth-order valence-corrected chi connectivity index (χ4v) is 1.87. The van der Waals surface area contributed by atoms with Crippen molar-refractivity contribution in [2.75, 3.05) is 12.4 Å². The molecular formula is C16H14N2O2. The molecule has 0 aliphatic rings. The standard InChI is InChI=1S/C16H14N2O2/c1-19-14-9-7-12(8-10-14)15-11-17-16(20-15)18-13-5-3-2-4-6-13/h2-11H,1H3,(H,17,18). The predicted molar refractivity (Wildman–Crippen MR) is 78.2 cm³/mol. The number of ether oxygens (including phenoxy) is 1. The molecule has 0 radical (unpaired) electrons. The third-order valence-electron chi connectivity index (χ3n) is 2.91. The highest BCUT2D eigenvalue weighted by molar-refractivity contribution is 5.60. The molecule has 100 valence electrons. The minimum atomic E-state index is 0.474. The van der Waals surface area contributed by atoms with E-state index in [1.807, 2.05) is 54.6 Å². The fourth-order valence-electron chi connectivity index (χ4n) is 1.87. The molecule has 0 aliphatic heterocycles. The Morgan fingerprint density at radius 1 is 1.00 bits per heavy atom. The summed E-state index contributed by atoms with van der Waals surface area (Å²) in [6.07, 6.45) is 1.70. The van der Waals surface area contributed by atoms with Crippen LogP contribution >= 0.6 is 0 Å². The van der Waals surface area contributed by atoms with Gasteiger partial charge in [-0.3, -0.25) is 0 Å². The second-order valence-corrected chi connectivity index (χ2v) is 4.25. The number of anilines is 2. The van der Waals surface area contributed by atoms with Crippen LogP contribution in [0.2, 0.25) is 0 Å². The summed E-state index contributed by atoms with van der Waals surface area (Å²) in [7, 11) is 1.64. The van der Waals surface area contributed by atoms with E-state index in [1.165, 1.54) is 0 Å². The number of oxazole rings is 1. The van der Waals surface area contributed by atoms with Crippen LogP contribution in [0.3, 0.4) is 0 Å². The maximum atomic E-state index is 5.68. The second-order valence-electron chi connectivity index (χ2n) is 4.25. The van der Waals surface area contributed by atoms with Gasteiger partial charge in [-0.25, -0.2) is 4.98 Å². The van der Waals surface area contributed by atoms with Gasteiger partial charge in [0.25, 0.3) is 6.01 Å². The Labute approximate surface area is 117 Å². The molecule has 3 rings (SSSR count). The SMILES string of the molecule is COc1ccc(-c2cnc(Nc3ccccc3)o2)cc1. The number of aromatic nitrogens is 1. The van der Waals surface area contributed by atoms with Gasteiger partial charge in [-0.15, -0.1) is 0 Å². The number of nitrogens with one attached hydrogen (secondary N) is 1. The number of hydrogen-bond acceptors (Lipinski definition) is 4. The highest BCUT2D eigenvalue weighted by atomic mass is 16.5. The lowest BCUT2D eigenvalue weighted by molar-refractivity contribution is 0.415. The van der Waals surface area contributed by atoms with Crippen LogP contribution < -0.4 is 10.1 Å². The van der Waals surface area contributed by atoms with E-state index in [-0.39, 0.29) is 0 Å². The molecular weight excluding hydrogens is 252 g/mol. The van der Waals surface area contributed by atoms with Gasteiger partial charge in [0.05, 0.1) is 13.3 Å². The van der Waals surface area contributed by atoms with Crippen LogP contribution in [0.1, 0.15) is 0 Å². The molecule has 1 N–H and O–H groups in total. The minimum Gasteiger partial charge on any atom is -0.497 e. The molecule has 0 aliphatic carbocycles. The van der Waals surface area contributed by atoms with Crippen molar-refractivity contribution in [3.63, 3.8) is 0 Å². The van der Waals surface area contributed by atoms with E-state index in [0.717, 1.165) is 17.0 Å². The number of hydrogen-bond donors (Lipinski definition) is 1. The Morgan fingerprint density at radius 2 is 1.75 bits per heavy atom. The summed E-state index contributed by atoms with van der Waals surface area (Å²) in [5.41, 5.74) is 1.90. The molecule has 0 saturated heterocycles. The Hall–Kier alpha value is -2.75. The van der Waals surface area contributed by atoms with Crippen molar-refractivity contribution >= 4 is 11.7 Å². The van der Waals surface area contributed by atoms with Gasteiger partial charge < -0.3 is 14.5 Å². The topological polar surface area (TPSA) is 47.3 Å². The largest absolute Gasteiger partial charge is 0.497 e. The van der Waals surface area contributed by atoms with E-state index in [1.54, 1.807) is 13.3 Å². The molecule has 1 heterocycles. The Balaban J connectivity index is 1.79. The van der Waals surface area contributed by atoms with Gasteiger partial charge in [0.1, 0.15) is 5.75 Å². The minimum absolute atomic E-state index is 0.474. The van der Waals surface area contributed by atoms with Crippen LogP contribution in [0.15, 0.2) is 65.2 Å². The van der Waals surface area contributed by atoms with Crippen molar-refractivity contribution in [2.45, 2.75) is 0 Å². The van der Waals surface area contributed by atoms with Crippen LogP contribution in [0.4, 0.5) is 11.7 Å². The summed E-state index contributed by atoms with van der Waals surface area (Å²) < 4.78 is 10.8. The van der Waals surface area contributed by atoms with Crippen molar-refractivity contribution in [1.82, 2.24) is 4.98 Å². The highest BCUT2D eigenvalue weighted by Crippen LogP contribution is 2.25. The van der Waals surface area contributed by atoms with E-state index >= 15 is 0 Å². The van der Waals surface area contributed by atoms with Gasteiger partial charge >= 0.3 is 0 Å². The van der Waals surface area contributed by atoms with Gasteiger partial charge in [0.15, 0.2) is 5.76 Å². The second kappa shape index (κ2) is 5.48. The van der Waals surface area contributed by atoms with Gasteiger partial charge in [0, 0.05) is 11.3 Å². The first-order valence-corrected chi connectivity index (χ1v) is 6.27. The van der Waals surface area contributed by atoms with Crippen molar-refractivity contribution < 1.29 is 9.15 Å². The highest BCUT2D eigenvalue weighted by Gasteiger charge is 2.06. The number of rotatable bonds is 4. The lowest BCUT2D eigenvalue weighted by Crippen LogP contribution is -1.88. The average molecular weight is 266 g/mol. The van der Waals surface area contributed by atoms with E-state index in [9.17, 15) is 0 Å². The first-order chi connectivity index (χ1) is 9.85. The summed E-state index contributed by atoms with van der Waals surface area (Å²) in [5.74, 6) is 1.53. The third kappa shape index (κ3) is 2.64. The van der Waals surface area contributed by atoms with Crippen LogP contribution in [-0.2, 0) is 0 Å². The van der Waals surface area contributed by atoms with Crippen molar-refractivity contribution in [3.8, 4) is 17.1 Å². The zero-order valence-electron chi connectivity index (χ0n) is 11.0. The quantitative estimate of drug-likeness (QED) is 0.772. The monoisotopic (exact) mass is 266 g/mol. The van der Waals surface area contributed by atoms with Crippen LogP contribution in [0, 0.1) is 0 Å². The molecule has 0 unspecified atom stereocenters. The predicted octanol–water partition coefficient (Wildman–Crippen LogP) is 4.09. The van der Waals surface area contributed by atoms with E-state index < -0.39 is 0 Å². The first-order valence-electron chi connectivity index (χ1n) is 6.27. The Kier molecular flexibility index (Phi) is 3.37. The van der Waals surface area contributed by atoms with Gasteiger partial charge in [-0.1, -0.05) is 18.2 Å². The third-order valence-corrected chi connectivity index (χ3v) is 2.91. The number of nitrogens with zero attached hydrogens (tertiary/aromatic N) is 1. The van der Waals surface area contributed by atoms with Gasteiger partial charge in [0.2, 0.25) is 0 Å². The molecule has 0 saturated carbocycles. The normalized spacial score (nSPS) is 10.2. The summed E-state index contributed by atoms with van der Waals surface area (Å²) in [6.45, 7) is 0. The van der Waals surface area contributed by atoms with E-state index in [2.05, 4.69) is 10.3 Å². The van der Waals surface area contributed by atoms with Crippen LogP contribution in [-0.4, -0.2) is 12.1 Å². The summed E-state index contributed by atoms with van der Waals surface area (Å²) in [4.78, 5) is 4.22. The molecule has 4 nitrogen and oxygen atoms in total. The summed E-state index contributed by atoms with van der Waals surface area (Å²) in [6, 6.07) is 17.9. The number of benzene rings is 2. The number of para-hydroxylation sites is 1. The van der Waals surface area contributed by atoms with Gasteiger partial charge in [-0.2, -0.15) is 0 Å². The molecule has 0 atom stereocenters. The molecule has 3 aromatic rings. The van der Waals surface area contributed by atoms with E-state index in [0.29, 0.717) is 11.8 Å². The van der Waals surface area contributed by atoms with Crippen LogP contribution in [0.25, 0.3) is 11.3 Å². The van der Waals surface area contributed by atoms with Crippen molar-refractivity contribution in [3.05, 3.63) is 60.8 Å². The smallest absolute Gasteiger partial charge is 0.299 e. The molecule has 20 heavy (non-hydrogen) atoms. The zero-order chi connectivity index (χ0) is 13.8. The summed E-state index contributed by atoms with van der Waals surface area (Å²) >= 11 is 0. The zero-order valence-corrected chi connectivity index (χ0v) is 11.0. The molecule has 1 aromatic heterocycles. The Bertz CT molecular complexity index is 675. The molecule has 4 heteroatoms. The Morgan fingerprint density at radius 3 is 2.45 bits per heavy atom. The molecule has 0 spiro atoms. The van der Waals surface area contributed by atoms with Crippen molar-refractivity contribution in [2.24, 2.45) is 0 Å². The lowest BCUT2D eigenvalue weighted by Gasteiger charge is -2.01.